The molecule has 6 aliphatic carbocycles. The summed E-state index contributed by atoms with van der Waals surface area (Å²) in [6, 6.07) is 35.8. The molecule has 4 fully saturated rings. The first-order chi connectivity index (χ1) is 24.4. The van der Waals surface area contributed by atoms with Crippen molar-refractivity contribution in [1.29, 1.82) is 0 Å². The van der Waals surface area contributed by atoms with Gasteiger partial charge in [0, 0.05) is 0 Å². The minimum atomic E-state index is -2.89. The molecule has 0 radical (unpaired) electrons. The number of benzene rings is 4. The number of hydrogen-bond donors (Lipinski definition) is 0. The van der Waals surface area contributed by atoms with E-state index in [-0.39, 0.29) is 35.6 Å². The Kier molecular flexibility index (Phi) is 10.8. The molecule has 274 valence electrons. The number of halogens is 2. The fourth-order valence-electron chi connectivity index (χ4n) is 11.2. The van der Waals surface area contributed by atoms with Crippen LogP contribution >= 0.6 is 0 Å². The summed E-state index contributed by atoms with van der Waals surface area (Å²) in [7, 11) is 0. The van der Waals surface area contributed by atoms with E-state index in [2.05, 4.69) is 152 Å². The van der Waals surface area contributed by atoms with Gasteiger partial charge in [-0.25, -0.2) is 0 Å². The van der Waals surface area contributed by atoms with Crippen molar-refractivity contribution in [2.45, 2.75) is 97.8 Å². The summed E-state index contributed by atoms with van der Waals surface area (Å²) in [5.41, 5.74) is 13.8. The maximum absolute atomic E-state index is 2.89. The number of allylic oxidation sites excluding steroid dienone is 4. The van der Waals surface area contributed by atoms with Gasteiger partial charge in [-0.1, -0.05) is 0 Å². The van der Waals surface area contributed by atoms with Gasteiger partial charge in [-0.15, -0.1) is 0 Å². The Morgan fingerprint density at radius 3 is 1.72 bits per heavy atom. The van der Waals surface area contributed by atoms with E-state index in [0.29, 0.717) is 5.92 Å². The molecule has 4 bridgehead atoms. The summed E-state index contributed by atoms with van der Waals surface area (Å²) in [6.07, 6.45) is 14.1. The van der Waals surface area contributed by atoms with Crippen molar-refractivity contribution in [3.8, 4) is 11.1 Å². The Labute approximate surface area is 340 Å². The Balaban J connectivity index is 0.00000218. The van der Waals surface area contributed by atoms with Gasteiger partial charge in [-0.05, 0) is 0 Å². The average molecular weight is 819 g/mol. The molecule has 3 heteroatoms. The quantitative estimate of drug-likeness (QED) is 0.207. The Bertz CT molecular complexity index is 2030. The van der Waals surface area contributed by atoms with E-state index in [1.165, 1.54) is 71.0 Å². The van der Waals surface area contributed by atoms with Crippen molar-refractivity contribution < 1.29 is 46.1 Å². The normalized spacial score (nSPS) is 24.9. The van der Waals surface area contributed by atoms with E-state index in [4.69, 9.17) is 0 Å². The van der Waals surface area contributed by atoms with Gasteiger partial charge < -0.3 is 24.8 Å². The van der Waals surface area contributed by atoms with Gasteiger partial charge in [0.15, 0.2) is 0 Å². The zero-order chi connectivity index (χ0) is 35.2. The van der Waals surface area contributed by atoms with Gasteiger partial charge in [0.2, 0.25) is 0 Å². The molecular weight excluding hydrogens is 763 g/mol. The van der Waals surface area contributed by atoms with Crippen LogP contribution in [0.3, 0.4) is 0 Å². The zero-order valence-electron chi connectivity index (χ0n) is 32.8. The van der Waals surface area contributed by atoms with Crippen molar-refractivity contribution in [2.24, 2.45) is 35.5 Å². The van der Waals surface area contributed by atoms with Crippen molar-refractivity contribution in [3.05, 3.63) is 145 Å². The number of fused-ring (bicyclic) bond motifs is 3. The largest absolute Gasteiger partial charge is 1.00 e. The molecule has 6 aliphatic rings. The predicted octanol–water partition coefficient (Wildman–Crippen LogP) is 5.91. The molecule has 0 spiro atoms. The number of rotatable bonds is 5. The van der Waals surface area contributed by atoms with Crippen LogP contribution < -0.4 is 28.1 Å². The molecule has 10 rings (SSSR count). The molecule has 0 aliphatic heterocycles. The first-order valence-corrected chi connectivity index (χ1v) is 23.7. The summed E-state index contributed by atoms with van der Waals surface area (Å²) < 4.78 is 5.16. The second-order valence-corrected chi connectivity index (χ2v) is 24.9. The summed E-state index contributed by atoms with van der Waals surface area (Å²) in [6.45, 7) is 16.9. The van der Waals surface area contributed by atoms with Crippen molar-refractivity contribution in [2.75, 3.05) is 0 Å². The molecule has 0 aromatic heterocycles. The molecule has 1 unspecified atom stereocenters. The minimum Gasteiger partial charge on any atom is -1.00 e. The smallest absolute Gasteiger partial charge is 1.00 e. The van der Waals surface area contributed by atoms with Crippen LogP contribution in [0.25, 0.3) is 11.1 Å². The van der Waals surface area contributed by atoms with Gasteiger partial charge in [-0.3, -0.25) is 0 Å². The second-order valence-electron chi connectivity index (χ2n) is 19.1. The van der Waals surface area contributed by atoms with Crippen LogP contribution in [-0.2, 0) is 38.5 Å². The molecule has 0 heterocycles. The summed E-state index contributed by atoms with van der Waals surface area (Å²) in [4.78, 5) is 0. The minimum absolute atomic E-state index is 0. The van der Waals surface area contributed by atoms with E-state index in [1.807, 2.05) is 0 Å². The van der Waals surface area contributed by atoms with Crippen LogP contribution in [0.15, 0.2) is 112 Å². The molecule has 4 aromatic rings. The van der Waals surface area contributed by atoms with E-state index < -0.39 is 21.3 Å². The Hall–Kier alpha value is -2.31. The van der Waals surface area contributed by atoms with Gasteiger partial charge >= 0.3 is 318 Å². The van der Waals surface area contributed by atoms with Crippen LogP contribution in [0, 0.1) is 35.5 Å². The summed E-state index contributed by atoms with van der Waals surface area (Å²) >= 11 is -2.89. The molecule has 0 saturated heterocycles. The zero-order valence-corrected chi connectivity index (χ0v) is 36.7. The van der Waals surface area contributed by atoms with E-state index in [0.717, 1.165) is 36.0 Å². The van der Waals surface area contributed by atoms with Crippen LogP contribution in [-0.4, -0.2) is 3.21 Å². The fourth-order valence-corrected chi connectivity index (χ4v) is 19.7. The van der Waals surface area contributed by atoms with Crippen LogP contribution in [0.1, 0.15) is 114 Å². The molecule has 1 atom stereocenters. The van der Waals surface area contributed by atoms with E-state index in [9.17, 15) is 0 Å². The Morgan fingerprint density at radius 2 is 1.17 bits per heavy atom. The third kappa shape index (κ3) is 7.04. The van der Waals surface area contributed by atoms with Crippen LogP contribution in [0.4, 0.5) is 0 Å². The second kappa shape index (κ2) is 14.6. The van der Waals surface area contributed by atoms with Gasteiger partial charge in [0.05, 0.1) is 0 Å². The molecule has 4 saturated carbocycles. The predicted molar refractivity (Wildman–Crippen MR) is 214 cm³/mol. The number of hydrogen-bond acceptors (Lipinski definition) is 0. The topological polar surface area (TPSA) is 0 Å². The van der Waals surface area contributed by atoms with Gasteiger partial charge in [0.1, 0.15) is 0 Å². The molecular formula is C50H56Cl2Zr. The van der Waals surface area contributed by atoms with E-state index >= 15 is 0 Å². The first-order valence-electron chi connectivity index (χ1n) is 20.0. The van der Waals surface area contributed by atoms with Crippen LogP contribution in [0.5, 0.6) is 0 Å². The molecule has 0 amide bonds. The SMILES string of the molecule is CC1C=C(C2C3CC4CC(C3)CC2C4)C=[C]1[Zr+2](=[C](c1ccccc1)c1ccccc1)[c]1cc(C(C)(C)C)cc2c1Cc1ccc(C(C)(C)C)cc1-2.[Cl-].[Cl-]. The Morgan fingerprint density at radius 1 is 0.623 bits per heavy atom. The van der Waals surface area contributed by atoms with Crippen molar-refractivity contribution in [1.82, 2.24) is 0 Å². The van der Waals surface area contributed by atoms with Crippen molar-refractivity contribution >= 4 is 6.48 Å². The molecule has 0 N–H and O–H groups in total. The van der Waals surface area contributed by atoms with Gasteiger partial charge in [0.25, 0.3) is 0 Å². The summed E-state index contributed by atoms with van der Waals surface area (Å²) in [5, 5.41) is 0. The molecule has 4 aromatic carbocycles. The first kappa shape index (κ1) is 38.9. The maximum Gasteiger partial charge on any atom is -1.00 e. The molecule has 0 nitrogen and oxygen atoms in total. The van der Waals surface area contributed by atoms with E-state index in [1.54, 1.807) is 20.9 Å². The monoisotopic (exact) mass is 816 g/mol. The fraction of sp³-hybridized carbons (Fsp3) is 0.420. The third-order valence-corrected chi connectivity index (χ3v) is 21.5. The summed E-state index contributed by atoms with van der Waals surface area (Å²) in [5.74, 6) is 5.11. The average Bonchev–Trinajstić information content (AvgIpc) is 3.66. The standard InChI is InChI=1S/C21H25.C16H21.C13H10.2ClH.Zr/c1-20(2,3)16-9-7-14-11-15-8-10-17(21(4,5)6)13-19(15)18(14)12-16;1-10-2-3-13(4-10)16-14-6-11-5-12(8-14)9-15(16)7-11;1-3-7-12(8-4-1)11-13-9-5-2-6-10-13;;;/h7,9-10,12-13H,11H2,1-6H3;3-4,10-12,14-16H,5-9H2,1H3;1-10H;2*1H;/q;;;;;+2/p-2. The van der Waals surface area contributed by atoms with Crippen LogP contribution in [0.2, 0.25) is 0 Å². The third-order valence-electron chi connectivity index (χ3n) is 13.5. The van der Waals surface area contributed by atoms with Gasteiger partial charge in [-0.2, -0.15) is 0 Å². The van der Waals surface area contributed by atoms with Crippen molar-refractivity contribution in [3.63, 3.8) is 0 Å². The maximum atomic E-state index is 2.84. The molecule has 53 heavy (non-hydrogen) atoms.